The van der Waals surface area contributed by atoms with Crippen molar-refractivity contribution in [1.29, 1.82) is 0 Å². The van der Waals surface area contributed by atoms with Gasteiger partial charge in [0, 0.05) is 36.7 Å². The summed E-state index contributed by atoms with van der Waals surface area (Å²) in [5.74, 6) is 0.250. The smallest absolute Gasteiger partial charge is 0.376 e. The fourth-order valence-electron chi connectivity index (χ4n) is 3.85. The standard InChI is InChI=1S/C18H20F3N3O/c19-18(20,21)15-4-2-1-3-12(15)9-24-7-5-13(10-24)17-14-11-25-8-6-16(14)22-23-17/h1-4,13H,5-11H2,(H,22,23). The molecule has 4 nitrogen and oxygen atoms in total. The molecule has 4 rings (SSSR count). The topological polar surface area (TPSA) is 41.2 Å². The number of hydrogen-bond acceptors (Lipinski definition) is 3. The molecule has 2 aromatic rings. The minimum atomic E-state index is -4.31. The summed E-state index contributed by atoms with van der Waals surface area (Å²) in [5, 5.41) is 7.57. The average Bonchev–Trinajstić information content (AvgIpc) is 3.21. The first-order valence-corrected chi connectivity index (χ1v) is 8.53. The largest absolute Gasteiger partial charge is 0.416 e. The number of hydrogen-bond donors (Lipinski definition) is 1. The number of nitrogens with zero attached hydrogens (tertiary/aromatic N) is 2. The van der Waals surface area contributed by atoms with Crippen LogP contribution in [0, 0.1) is 0 Å². The Labute approximate surface area is 144 Å². The minimum Gasteiger partial charge on any atom is -0.376 e. The number of alkyl halides is 3. The van der Waals surface area contributed by atoms with Gasteiger partial charge in [0.05, 0.1) is 24.5 Å². The van der Waals surface area contributed by atoms with Crippen LogP contribution in [0.3, 0.4) is 0 Å². The Kier molecular flexibility index (Phi) is 4.29. The Balaban J connectivity index is 1.48. The van der Waals surface area contributed by atoms with Crippen LogP contribution in [0.5, 0.6) is 0 Å². The van der Waals surface area contributed by atoms with Crippen LogP contribution in [0.2, 0.25) is 0 Å². The molecule has 0 saturated carbocycles. The first kappa shape index (κ1) is 16.6. The monoisotopic (exact) mass is 351 g/mol. The van der Waals surface area contributed by atoms with Crippen molar-refractivity contribution < 1.29 is 17.9 Å². The third-order valence-electron chi connectivity index (χ3n) is 5.10. The number of H-pyrrole nitrogens is 1. The van der Waals surface area contributed by atoms with Crippen LogP contribution in [0.4, 0.5) is 13.2 Å². The third-order valence-corrected chi connectivity index (χ3v) is 5.10. The second kappa shape index (κ2) is 6.46. The average molecular weight is 351 g/mol. The Bertz CT molecular complexity index is 756. The number of likely N-dealkylation sites (tertiary alicyclic amines) is 1. The summed E-state index contributed by atoms with van der Waals surface area (Å²) in [5.41, 5.74) is 3.12. The lowest BCUT2D eigenvalue weighted by Crippen LogP contribution is -2.22. The lowest BCUT2D eigenvalue weighted by atomic mass is 9.98. The summed E-state index contributed by atoms with van der Waals surface area (Å²) in [4.78, 5) is 2.08. The molecule has 1 aromatic heterocycles. The minimum absolute atomic E-state index is 0.250. The zero-order valence-electron chi connectivity index (χ0n) is 13.8. The molecule has 1 unspecified atom stereocenters. The molecule has 1 atom stereocenters. The number of aromatic nitrogens is 2. The fourth-order valence-corrected chi connectivity index (χ4v) is 3.85. The molecule has 134 valence electrons. The summed E-state index contributed by atoms with van der Waals surface area (Å²) in [7, 11) is 0. The summed E-state index contributed by atoms with van der Waals surface area (Å²) in [6.07, 6.45) is -2.56. The molecular weight excluding hydrogens is 331 g/mol. The highest BCUT2D eigenvalue weighted by molar-refractivity contribution is 5.31. The van der Waals surface area contributed by atoms with Crippen molar-refractivity contribution >= 4 is 0 Å². The normalized spacial score (nSPS) is 21.5. The molecule has 1 fully saturated rings. The van der Waals surface area contributed by atoms with Gasteiger partial charge >= 0.3 is 6.18 Å². The molecule has 7 heteroatoms. The first-order chi connectivity index (χ1) is 12.0. The lowest BCUT2D eigenvalue weighted by Gasteiger charge is -2.19. The van der Waals surface area contributed by atoms with E-state index >= 15 is 0 Å². The molecule has 0 bridgehead atoms. The summed E-state index contributed by atoms with van der Waals surface area (Å²) < 4.78 is 45.0. The quantitative estimate of drug-likeness (QED) is 0.920. The number of nitrogens with one attached hydrogen (secondary N) is 1. The number of benzene rings is 1. The maximum atomic E-state index is 13.2. The van der Waals surface area contributed by atoms with Gasteiger partial charge in [-0.15, -0.1) is 0 Å². The highest BCUT2D eigenvalue weighted by Crippen LogP contribution is 2.35. The predicted octanol–water partition coefficient (Wildman–Crippen LogP) is 3.49. The van der Waals surface area contributed by atoms with Crippen LogP contribution in [0.25, 0.3) is 0 Å². The maximum Gasteiger partial charge on any atom is 0.416 e. The van der Waals surface area contributed by atoms with Gasteiger partial charge in [-0.2, -0.15) is 18.3 Å². The van der Waals surface area contributed by atoms with Crippen molar-refractivity contribution in [2.24, 2.45) is 0 Å². The van der Waals surface area contributed by atoms with Gasteiger partial charge in [0.2, 0.25) is 0 Å². The molecule has 2 aliphatic rings. The molecule has 25 heavy (non-hydrogen) atoms. The SMILES string of the molecule is FC(F)(F)c1ccccc1CN1CCC(c2n[nH]c3c2COCC3)C1. The van der Waals surface area contributed by atoms with Crippen LogP contribution in [0.15, 0.2) is 24.3 Å². The molecule has 0 spiro atoms. The number of ether oxygens (including phenoxy) is 1. The van der Waals surface area contributed by atoms with Gasteiger partial charge in [0.15, 0.2) is 0 Å². The summed E-state index contributed by atoms with van der Waals surface area (Å²) >= 11 is 0. The Hall–Kier alpha value is -1.86. The van der Waals surface area contributed by atoms with Crippen LogP contribution in [0.1, 0.15) is 40.4 Å². The number of fused-ring (bicyclic) bond motifs is 1. The molecule has 0 aliphatic carbocycles. The molecule has 1 aromatic carbocycles. The van der Waals surface area contributed by atoms with Crippen LogP contribution in [-0.2, 0) is 30.5 Å². The molecule has 1 N–H and O–H groups in total. The van der Waals surface area contributed by atoms with Crippen molar-refractivity contribution in [3.8, 4) is 0 Å². The number of halogens is 3. The van der Waals surface area contributed by atoms with E-state index in [9.17, 15) is 13.2 Å². The predicted molar refractivity (Wildman–Crippen MR) is 86.0 cm³/mol. The van der Waals surface area contributed by atoms with Gasteiger partial charge in [0.1, 0.15) is 0 Å². The van der Waals surface area contributed by atoms with Gasteiger partial charge < -0.3 is 4.74 Å². The third kappa shape index (κ3) is 3.30. The molecule has 1 saturated heterocycles. The molecule has 0 radical (unpaired) electrons. The van der Waals surface area contributed by atoms with Crippen molar-refractivity contribution in [3.05, 3.63) is 52.3 Å². The van der Waals surface area contributed by atoms with E-state index in [2.05, 4.69) is 15.1 Å². The Morgan fingerprint density at radius 2 is 2.12 bits per heavy atom. The highest BCUT2D eigenvalue weighted by atomic mass is 19.4. The van der Waals surface area contributed by atoms with E-state index in [0.29, 0.717) is 25.3 Å². The maximum absolute atomic E-state index is 13.2. The zero-order chi connectivity index (χ0) is 17.4. The van der Waals surface area contributed by atoms with E-state index in [1.807, 2.05) is 0 Å². The summed E-state index contributed by atoms with van der Waals surface area (Å²) in [6.45, 7) is 3.10. The second-order valence-electron chi connectivity index (χ2n) is 6.74. The van der Waals surface area contributed by atoms with Gasteiger partial charge in [-0.1, -0.05) is 18.2 Å². The Morgan fingerprint density at radius 1 is 1.28 bits per heavy atom. The van der Waals surface area contributed by atoms with Gasteiger partial charge in [-0.25, -0.2) is 0 Å². The van der Waals surface area contributed by atoms with Gasteiger partial charge in [0.25, 0.3) is 0 Å². The lowest BCUT2D eigenvalue weighted by molar-refractivity contribution is -0.138. The zero-order valence-corrected chi connectivity index (χ0v) is 13.8. The molecule has 3 heterocycles. The molecule has 0 amide bonds. The molecular formula is C18H20F3N3O. The van der Waals surface area contributed by atoms with E-state index in [-0.39, 0.29) is 5.92 Å². The fraction of sp³-hybridized carbons (Fsp3) is 0.500. The van der Waals surface area contributed by atoms with Crippen molar-refractivity contribution in [2.75, 3.05) is 19.7 Å². The summed E-state index contributed by atoms with van der Waals surface area (Å²) in [6, 6.07) is 5.83. The van der Waals surface area contributed by atoms with E-state index in [0.717, 1.165) is 48.9 Å². The van der Waals surface area contributed by atoms with Crippen LogP contribution < -0.4 is 0 Å². The van der Waals surface area contributed by atoms with Crippen molar-refractivity contribution in [2.45, 2.75) is 38.1 Å². The van der Waals surface area contributed by atoms with Crippen molar-refractivity contribution in [1.82, 2.24) is 15.1 Å². The second-order valence-corrected chi connectivity index (χ2v) is 6.74. The van der Waals surface area contributed by atoms with Gasteiger partial charge in [-0.3, -0.25) is 10.00 Å². The highest BCUT2D eigenvalue weighted by Gasteiger charge is 2.35. The van der Waals surface area contributed by atoms with E-state index < -0.39 is 11.7 Å². The number of aromatic amines is 1. The molecule has 2 aliphatic heterocycles. The van der Waals surface area contributed by atoms with Gasteiger partial charge in [-0.05, 0) is 24.6 Å². The Morgan fingerprint density at radius 3 is 2.96 bits per heavy atom. The van der Waals surface area contributed by atoms with E-state index in [4.69, 9.17) is 4.74 Å². The number of rotatable bonds is 3. The first-order valence-electron chi connectivity index (χ1n) is 8.53. The van der Waals surface area contributed by atoms with Crippen LogP contribution >= 0.6 is 0 Å². The van der Waals surface area contributed by atoms with Crippen molar-refractivity contribution in [3.63, 3.8) is 0 Å². The van der Waals surface area contributed by atoms with Crippen LogP contribution in [-0.4, -0.2) is 34.8 Å². The van der Waals surface area contributed by atoms with E-state index in [1.54, 1.807) is 12.1 Å². The van der Waals surface area contributed by atoms with E-state index in [1.165, 1.54) is 6.07 Å².